The van der Waals surface area contributed by atoms with E-state index in [4.69, 9.17) is 0 Å². The highest BCUT2D eigenvalue weighted by molar-refractivity contribution is 14.0. The highest BCUT2D eigenvalue weighted by atomic mass is 127. The van der Waals surface area contributed by atoms with Gasteiger partial charge in [0.2, 0.25) is 0 Å². The summed E-state index contributed by atoms with van der Waals surface area (Å²) in [5.41, 5.74) is 1.88. The number of nitrogens with zero attached hydrogens (tertiary/aromatic N) is 1. The summed E-state index contributed by atoms with van der Waals surface area (Å²) in [4.78, 5) is 16.1. The second-order valence-corrected chi connectivity index (χ2v) is 6.31. The number of para-hydroxylation sites is 1. The van der Waals surface area contributed by atoms with Crippen molar-refractivity contribution in [2.24, 2.45) is 4.99 Å². The molecule has 0 radical (unpaired) electrons. The fourth-order valence-corrected chi connectivity index (χ4v) is 2.70. The fourth-order valence-electron chi connectivity index (χ4n) is 2.70. The van der Waals surface area contributed by atoms with Crippen LogP contribution in [0.3, 0.4) is 0 Å². The Morgan fingerprint density at radius 3 is 2.52 bits per heavy atom. The lowest BCUT2D eigenvalue weighted by molar-refractivity contribution is -0.274. The normalized spacial score (nSPS) is 11.3. The molecule has 1 amide bonds. The van der Waals surface area contributed by atoms with E-state index in [0.717, 1.165) is 5.56 Å². The van der Waals surface area contributed by atoms with E-state index in [1.165, 1.54) is 12.1 Å². The number of nitrogens with one attached hydrogen (secondary N) is 3. The minimum atomic E-state index is -4.76. The summed E-state index contributed by atoms with van der Waals surface area (Å²) in [6.07, 6.45) is -4.12. The minimum Gasteiger partial charge on any atom is -0.405 e. The first kappa shape index (κ1) is 26.5. The Morgan fingerprint density at radius 1 is 1.10 bits per heavy atom. The highest BCUT2D eigenvalue weighted by Crippen LogP contribution is 2.26. The molecule has 10 heteroatoms. The van der Waals surface area contributed by atoms with Gasteiger partial charge >= 0.3 is 6.36 Å². The summed E-state index contributed by atoms with van der Waals surface area (Å²) >= 11 is 0. The van der Waals surface area contributed by atoms with Crippen molar-refractivity contribution in [3.05, 3.63) is 65.2 Å². The second kappa shape index (κ2) is 13.0. The molecule has 0 saturated carbocycles. The van der Waals surface area contributed by atoms with Gasteiger partial charge in [-0.05, 0) is 37.1 Å². The molecule has 0 unspecified atom stereocenters. The van der Waals surface area contributed by atoms with E-state index in [0.29, 0.717) is 36.6 Å². The van der Waals surface area contributed by atoms with Crippen molar-refractivity contribution in [3.63, 3.8) is 0 Å². The lowest BCUT2D eigenvalue weighted by Crippen LogP contribution is -2.38. The van der Waals surface area contributed by atoms with E-state index in [1.54, 1.807) is 25.2 Å². The van der Waals surface area contributed by atoms with Gasteiger partial charge in [-0.25, -0.2) is 4.99 Å². The van der Waals surface area contributed by atoms with Crippen molar-refractivity contribution in [2.75, 3.05) is 20.1 Å². The van der Waals surface area contributed by atoms with Crippen LogP contribution in [0.2, 0.25) is 0 Å². The lowest BCUT2D eigenvalue weighted by Gasteiger charge is -2.14. The summed E-state index contributed by atoms with van der Waals surface area (Å²) < 4.78 is 41.7. The summed E-state index contributed by atoms with van der Waals surface area (Å²) in [5.74, 6) is 0.0526. The van der Waals surface area contributed by atoms with Crippen LogP contribution in [0.5, 0.6) is 5.75 Å². The third kappa shape index (κ3) is 9.45. The van der Waals surface area contributed by atoms with Crippen molar-refractivity contribution < 1.29 is 22.7 Å². The predicted molar refractivity (Wildman–Crippen MR) is 125 cm³/mol. The number of rotatable bonds is 8. The van der Waals surface area contributed by atoms with Crippen molar-refractivity contribution in [1.29, 1.82) is 0 Å². The summed E-state index contributed by atoms with van der Waals surface area (Å²) in [5, 5.41) is 8.79. The molecule has 0 heterocycles. The quantitative estimate of drug-likeness (QED) is 0.265. The number of amides is 1. The van der Waals surface area contributed by atoms with Gasteiger partial charge in [-0.1, -0.05) is 30.3 Å². The number of carbonyl (C=O) groups is 1. The van der Waals surface area contributed by atoms with Gasteiger partial charge in [-0.2, -0.15) is 0 Å². The number of ether oxygens (including phenoxy) is 1. The molecule has 2 aromatic carbocycles. The van der Waals surface area contributed by atoms with E-state index in [-0.39, 0.29) is 42.2 Å². The van der Waals surface area contributed by atoms with Crippen LogP contribution in [0.1, 0.15) is 28.4 Å². The second-order valence-electron chi connectivity index (χ2n) is 6.31. The molecule has 0 fully saturated rings. The number of alkyl halides is 3. The molecule has 0 saturated heterocycles. The average molecular weight is 550 g/mol. The Kier molecular flexibility index (Phi) is 11.2. The Labute approximate surface area is 196 Å². The largest absolute Gasteiger partial charge is 0.573 e. The van der Waals surface area contributed by atoms with Crippen LogP contribution in [0, 0.1) is 0 Å². The Hall–Kier alpha value is -2.50. The summed E-state index contributed by atoms with van der Waals surface area (Å²) in [7, 11) is 1.58. The van der Waals surface area contributed by atoms with Gasteiger partial charge in [0.1, 0.15) is 5.75 Å². The molecule has 0 bridgehead atoms. The standard InChI is InChI=1S/C21H25F3N4O2.HI/c1-3-26-20(27-12-11-15-7-6-9-16(13-15)19(29)25-2)28-14-17-8-4-5-10-18(17)30-21(22,23)24;/h4-10,13H,3,11-12,14H2,1-2H3,(H,25,29)(H2,26,27,28);1H. The summed E-state index contributed by atoms with van der Waals surface area (Å²) in [6, 6.07) is 13.2. The van der Waals surface area contributed by atoms with Crippen LogP contribution in [0.25, 0.3) is 0 Å². The molecular weight excluding hydrogens is 524 g/mol. The van der Waals surface area contributed by atoms with Gasteiger partial charge in [0, 0.05) is 31.3 Å². The molecule has 0 aliphatic heterocycles. The van der Waals surface area contributed by atoms with Crippen LogP contribution in [0.15, 0.2) is 53.5 Å². The number of benzene rings is 2. The molecule has 2 rings (SSSR count). The van der Waals surface area contributed by atoms with Gasteiger partial charge in [0.05, 0.1) is 6.54 Å². The Bertz CT molecular complexity index is 876. The zero-order chi connectivity index (χ0) is 22.0. The maximum Gasteiger partial charge on any atom is 0.573 e. The molecule has 6 nitrogen and oxygen atoms in total. The van der Waals surface area contributed by atoms with E-state index in [9.17, 15) is 18.0 Å². The lowest BCUT2D eigenvalue weighted by atomic mass is 10.1. The first-order valence-electron chi connectivity index (χ1n) is 9.49. The van der Waals surface area contributed by atoms with Crippen LogP contribution < -0.4 is 20.7 Å². The van der Waals surface area contributed by atoms with Gasteiger partial charge in [0.25, 0.3) is 5.91 Å². The fraction of sp³-hybridized carbons (Fsp3) is 0.333. The molecule has 170 valence electrons. The van der Waals surface area contributed by atoms with Crippen molar-refractivity contribution in [1.82, 2.24) is 16.0 Å². The number of guanidine groups is 1. The molecule has 0 aliphatic carbocycles. The van der Waals surface area contributed by atoms with E-state index in [2.05, 4.69) is 25.7 Å². The number of aliphatic imine (C=N–C) groups is 1. The van der Waals surface area contributed by atoms with Crippen molar-refractivity contribution in [3.8, 4) is 5.75 Å². The smallest absolute Gasteiger partial charge is 0.405 e. The number of halogens is 4. The van der Waals surface area contributed by atoms with Crippen molar-refractivity contribution >= 4 is 35.8 Å². The highest BCUT2D eigenvalue weighted by Gasteiger charge is 2.31. The molecule has 0 aliphatic rings. The minimum absolute atomic E-state index is 0. The maximum atomic E-state index is 12.6. The van der Waals surface area contributed by atoms with Crippen LogP contribution in [-0.4, -0.2) is 38.4 Å². The third-order valence-electron chi connectivity index (χ3n) is 4.07. The van der Waals surface area contributed by atoms with Crippen molar-refractivity contribution in [2.45, 2.75) is 26.3 Å². The first-order chi connectivity index (χ1) is 14.3. The van der Waals surface area contributed by atoms with Gasteiger partial charge in [-0.3, -0.25) is 4.79 Å². The van der Waals surface area contributed by atoms with E-state index in [1.807, 2.05) is 25.1 Å². The number of hydrogen-bond acceptors (Lipinski definition) is 3. The monoisotopic (exact) mass is 550 g/mol. The van der Waals surface area contributed by atoms with Gasteiger partial charge in [-0.15, -0.1) is 37.1 Å². The zero-order valence-corrected chi connectivity index (χ0v) is 19.6. The third-order valence-corrected chi connectivity index (χ3v) is 4.07. The first-order valence-corrected chi connectivity index (χ1v) is 9.49. The van der Waals surface area contributed by atoms with Gasteiger partial charge < -0.3 is 20.7 Å². The molecule has 3 N–H and O–H groups in total. The zero-order valence-electron chi connectivity index (χ0n) is 17.3. The van der Waals surface area contributed by atoms with Crippen LogP contribution >= 0.6 is 24.0 Å². The topological polar surface area (TPSA) is 74.8 Å². The molecule has 0 spiro atoms. The SMILES string of the molecule is CCNC(=NCc1ccccc1OC(F)(F)F)NCCc1cccc(C(=O)NC)c1.I. The Morgan fingerprint density at radius 2 is 1.84 bits per heavy atom. The molecule has 31 heavy (non-hydrogen) atoms. The summed E-state index contributed by atoms with van der Waals surface area (Å²) in [6.45, 7) is 3.04. The van der Waals surface area contributed by atoms with Crippen LogP contribution in [-0.2, 0) is 13.0 Å². The van der Waals surface area contributed by atoms with Crippen LogP contribution in [0.4, 0.5) is 13.2 Å². The van der Waals surface area contributed by atoms with E-state index < -0.39 is 6.36 Å². The average Bonchev–Trinajstić information content (AvgIpc) is 2.71. The predicted octanol–water partition coefficient (Wildman–Crippen LogP) is 3.86. The molecule has 2 aromatic rings. The molecule has 0 aromatic heterocycles. The maximum absolute atomic E-state index is 12.6. The molecule has 0 atom stereocenters. The number of hydrogen-bond donors (Lipinski definition) is 3. The Balaban J connectivity index is 0.00000480. The van der Waals surface area contributed by atoms with Gasteiger partial charge in [0.15, 0.2) is 5.96 Å². The molecular formula is C21H26F3IN4O2. The number of carbonyl (C=O) groups excluding carboxylic acids is 1. The van der Waals surface area contributed by atoms with E-state index >= 15 is 0 Å².